The average Bonchev–Trinajstić information content (AvgIpc) is 2.76. The molecular formula is C11H8ClN5. The summed E-state index contributed by atoms with van der Waals surface area (Å²) < 4.78 is 0. The molecule has 5 nitrogen and oxygen atoms in total. The van der Waals surface area contributed by atoms with E-state index in [9.17, 15) is 0 Å². The van der Waals surface area contributed by atoms with Crippen LogP contribution in [0.5, 0.6) is 0 Å². The maximum atomic E-state index is 5.97. The fraction of sp³-hybridized carbons (Fsp3) is 0. The van der Waals surface area contributed by atoms with Gasteiger partial charge in [0.25, 0.3) is 0 Å². The lowest BCUT2D eigenvalue weighted by atomic mass is 10.2. The first kappa shape index (κ1) is 10.0. The summed E-state index contributed by atoms with van der Waals surface area (Å²) in [6, 6.07) is 5.42. The number of aromatic amines is 1. The summed E-state index contributed by atoms with van der Waals surface area (Å²) >= 11 is 5.97. The molecule has 0 saturated heterocycles. The lowest BCUT2D eigenvalue weighted by molar-refractivity contribution is 1.20. The Bertz CT molecular complexity index is 658. The van der Waals surface area contributed by atoms with Gasteiger partial charge in [-0.15, -0.1) is 0 Å². The van der Waals surface area contributed by atoms with E-state index in [1.165, 1.54) is 6.33 Å². The molecule has 17 heavy (non-hydrogen) atoms. The third kappa shape index (κ3) is 1.60. The number of rotatable bonds is 1. The van der Waals surface area contributed by atoms with E-state index in [2.05, 4.69) is 19.9 Å². The number of aromatic nitrogens is 4. The highest BCUT2D eigenvalue weighted by Gasteiger charge is 2.10. The minimum Gasteiger partial charge on any atom is -0.397 e. The smallest absolute Gasteiger partial charge is 0.181 e. The second-order valence-electron chi connectivity index (χ2n) is 3.55. The van der Waals surface area contributed by atoms with Gasteiger partial charge in [0.05, 0.1) is 16.9 Å². The molecule has 1 aromatic carbocycles. The van der Waals surface area contributed by atoms with Crippen LogP contribution < -0.4 is 5.73 Å². The highest BCUT2D eigenvalue weighted by Crippen LogP contribution is 2.30. The Morgan fingerprint density at radius 2 is 2.18 bits per heavy atom. The van der Waals surface area contributed by atoms with Gasteiger partial charge in [0.2, 0.25) is 0 Å². The van der Waals surface area contributed by atoms with Crippen molar-refractivity contribution in [1.29, 1.82) is 0 Å². The number of H-pyrrole nitrogens is 1. The van der Waals surface area contributed by atoms with Gasteiger partial charge >= 0.3 is 0 Å². The van der Waals surface area contributed by atoms with E-state index in [0.29, 0.717) is 22.2 Å². The number of fused-ring (bicyclic) bond motifs is 1. The fourth-order valence-electron chi connectivity index (χ4n) is 1.63. The standard InChI is InChI=1S/C11H8ClN5/c12-7-3-1-2-6(9(7)13)10-16-8-4-14-5-15-11(8)17-10/h1-5H,13H2,(H,14,15,16,17). The van der Waals surface area contributed by atoms with Crippen molar-refractivity contribution in [2.45, 2.75) is 0 Å². The summed E-state index contributed by atoms with van der Waals surface area (Å²) in [6.45, 7) is 0. The molecule has 3 rings (SSSR count). The van der Waals surface area contributed by atoms with Crippen molar-refractivity contribution >= 4 is 28.5 Å². The number of anilines is 1. The molecule has 0 spiro atoms. The van der Waals surface area contributed by atoms with Gasteiger partial charge in [0, 0.05) is 5.56 Å². The first-order chi connectivity index (χ1) is 8.25. The Hall–Kier alpha value is -2.14. The molecular weight excluding hydrogens is 238 g/mol. The van der Waals surface area contributed by atoms with E-state index in [1.54, 1.807) is 12.3 Å². The molecule has 0 bridgehead atoms. The molecule has 0 aliphatic rings. The topological polar surface area (TPSA) is 80.5 Å². The Morgan fingerprint density at radius 3 is 3.00 bits per heavy atom. The zero-order valence-electron chi connectivity index (χ0n) is 8.68. The summed E-state index contributed by atoms with van der Waals surface area (Å²) in [5.74, 6) is 0.639. The van der Waals surface area contributed by atoms with Crippen LogP contribution in [0.15, 0.2) is 30.7 Å². The van der Waals surface area contributed by atoms with Crippen molar-refractivity contribution in [3.63, 3.8) is 0 Å². The van der Waals surface area contributed by atoms with Gasteiger partial charge < -0.3 is 10.7 Å². The number of nitrogens with one attached hydrogen (secondary N) is 1. The molecule has 3 N–H and O–H groups in total. The summed E-state index contributed by atoms with van der Waals surface area (Å²) in [6.07, 6.45) is 3.12. The van der Waals surface area contributed by atoms with Gasteiger partial charge in [0.1, 0.15) is 17.7 Å². The lowest BCUT2D eigenvalue weighted by Gasteiger charge is -2.03. The minimum atomic E-state index is 0.501. The molecule has 3 aromatic rings. The van der Waals surface area contributed by atoms with Crippen LogP contribution >= 0.6 is 11.6 Å². The highest BCUT2D eigenvalue weighted by molar-refractivity contribution is 6.33. The maximum absolute atomic E-state index is 5.97. The molecule has 0 aliphatic heterocycles. The summed E-state index contributed by atoms with van der Waals surface area (Å²) in [5, 5.41) is 0.508. The second kappa shape index (κ2) is 3.71. The van der Waals surface area contributed by atoms with Gasteiger partial charge in [-0.2, -0.15) is 0 Å². The Labute approximate surface area is 102 Å². The van der Waals surface area contributed by atoms with Crippen molar-refractivity contribution < 1.29 is 0 Å². The van der Waals surface area contributed by atoms with Gasteiger partial charge in [-0.1, -0.05) is 17.7 Å². The number of para-hydroxylation sites is 1. The summed E-state index contributed by atoms with van der Waals surface area (Å²) in [5.41, 5.74) is 8.54. The number of nitrogens with zero attached hydrogens (tertiary/aromatic N) is 3. The van der Waals surface area contributed by atoms with Crippen molar-refractivity contribution in [2.75, 3.05) is 5.73 Å². The number of hydrogen-bond acceptors (Lipinski definition) is 4. The number of benzene rings is 1. The van der Waals surface area contributed by atoms with E-state index in [-0.39, 0.29) is 0 Å². The van der Waals surface area contributed by atoms with Crippen LogP contribution in [0, 0.1) is 0 Å². The SMILES string of the molecule is Nc1c(Cl)cccc1-c1nc2ncncc2[nH]1. The Morgan fingerprint density at radius 1 is 1.29 bits per heavy atom. The number of halogens is 1. The highest BCUT2D eigenvalue weighted by atomic mass is 35.5. The minimum absolute atomic E-state index is 0.501. The molecule has 0 fully saturated rings. The first-order valence-electron chi connectivity index (χ1n) is 4.96. The molecule has 6 heteroatoms. The third-order valence-corrected chi connectivity index (χ3v) is 2.80. The first-order valence-corrected chi connectivity index (χ1v) is 5.33. The molecule has 0 amide bonds. The fourth-order valence-corrected chi connectivity index (χ4v) is 1.81. The molecule has 0 atom stereocenters. The number of nitrogens with two attached hydrogens (primary N) is 1. The van der Waals surface area contributed by atoms with Gasteiger partial charge in [0.15, 0.2) is 5.65 Å². The molecule has 84 valence electrons. The molecule has 2 heterocycles. The van der Waals surface area contributed by atoms with E-state index in [4.69, 9.17) is 17.3 Å². The number of nitrogen functional groups attached to an aromatic ring is 1. The van der Waals surface area contributed by atoms with Gasteiger partial charge in [-0.3, -0.25) is 0 Å². The average molecular weight is 246 g/mol. The molecule has 0 unspecified atom stereocenters. The molecule has 0 saturated carbocycles. The molecule has 0 aliphatic carbocycles. The van der Waals surface area contributed by atoms with E-state index < -0.39 is 0 Å². The van der Waals surface area contributed by atoms with Crippen molar-refractivity contribution in [2.24, 2.45) is 0 Å². The van der Waals surface area contributed by atoms with Crippen molar-refractivity contribution in [3.05, 3.63) is 35.7 Å². The molecule has 0 radical (unpaired) electrons. The van der Waals surface area contributed by atoms with Gasteiger partial charge in [-0.05, 0) is 12.1 Å². The van der Waals surface area contributed by atoms with Crippen LogP contribution in [-0.2, 0) is 0 Å². The van der Waals surface area contributed by atoms with E-state index in [1.807, 2.05) is 12.1 Å². The van der Waals surface area contributed by atoms with Crippen LogP contribution in [-0.4, -0.2) is 19.9 Å². The normalized spacial score (nSPS) is 10.9. The molecule has 2 aromatic heterocycles. The second-order valence-corrected chi connectivity index (χ2v) is 3.95. The Balaban J connectivity index is 2.24. The maximum Gasteiger partial charge on any atom is 0.181 e. The summed E-state index contributed by atoms with van der Waals surface area (Å²) in [7, 11) is 0. The third-order valence-electron chi connectivity index (χ3n) is 2.47. The largest absolute Gasteiger partial charge is 0.397 e. The summed E-state index contributed by atoms with van der Waals surface area (Å²) in [4.78, 5) is 15.4. The van der Waals surface area contributed by atoms with Crippen molar-refractivity contribution in [3.8, 4) is 11.4 Å². The zero-order valence-corrected chi connectivity index (χ0v) is 9.44. The van der Waals surface area contributed by atoms with E-state index >= 15 is 0 Å². The van der Waals surface area contributed by atoms with Crippen molar-refractivity contribution in [1.82, 2.24) is 19.9 Å². The Kier molecular flexibility index (Phi) is 2.19. The zero-order chi connectivity index (χ0) is 11.8. The van der Waals surface area contributed by atoms with Crippen LogP contribution in [0.2, 0.25) is 5.02 Å². The number of hydrogen-bond donors (Lipinski definition) is 2. The van der Waals surface area contributed by atoms with Crippen LogP contribution in [0.4, 0.5) is 5.69 Å². The van der Waals surface area contributed by atoms with Crippen LogP contribution in [0.1, 0.15) is 0 Å². The monoisotopic (exact) mass is 245 g/mol. The lowest BCUT2D eigenvalue weighted by Crippen LogP contribution is -1.92. The van der Waals surface area contributed by atoms with Gasteiger partial charge in [-0.25, -0.2) is 15.0 Å². The quantitative estimate of drug-likeness (QED) is 0.645. The predicted octanol–water partition coefficient (Wildman–Crippen LogP) is 2.26. The van der Waals surface area contributed by atoms with Crippen LogP contribution in [0.3, 0.4) is 0 Å². The number of imidazole rings is 1. The van der Waals surface area contributed by atoms with E-state index in [0.717, 1.165) is 11.1 Å². The van der Waals surface area contributed by atoms with Crippen LogP contribution in [0.25, 0.3) is 22.6 Å². The predicted molar refractivity (Wildman–Crippen MR) is 66.5 cm³/mol.